The van der Waals surface area contributed by atoms with Crippen LogP contribution >= 0.6 is 0 Å². The number of benzene rings is 1. The summed E-state index contributed by atoms with van der Waals surface area (Å²) < 4.78 is 0. The van der Waals surface area contributed by atoms with Crippen LogP contribution in [0.4, 0.5) is 0 Å². The van der Waals surface area contributed by atoms with E-state index in [4.69, 9.17) is 0 Å². The Balaban J connectivity index is 1.71. The summed E-state index contributed by atoms with van der Waals surface area (Å²) in [6.07, 6.45) is 4.60. The molecule has 0 amide bonds. The second-order valence-corrected chi connectivity index (χ2v) is 5.63. The van der Waals surface area contributed by atoms with E-state index < -0.39 is 0 Å². The summed E-state index contributed by atoms with van der Waals surface area (Å²) in [5.74, 6) is 0.801. The van der Waals surface area contributed by atoms with E-state index in [9.17, 15) is 0 Å². The third-order valence-electron chi connectivity index (χ3n) is 3.98. The predicted octanol–water partition coefficient (Wildman–Crippen LogP) is 3.27. The molecule has 1 fully saturated rings. The van der Waals surface area contributed by atoms with Crippen molar-refractivity contribution in [2.45, 2.75) is 39.3 Å². The Bertz CT molecular complexity index is 537. The fraction of sp³-hybridized carbons (Fsp3) is 0.438. The average molecular weight is 255 g/mol. The number of hydrogen-bond acceptors (Lipinski definition) is 2. The van der Waals surface area contributed by atoms with E-state index in [2.05, 4.69) is 53.6 Å². The monoisotopic (exact) mass is 255 g/mol. The van der Waals surface area contributed by atoms with Crippen molar-refractivity contribution in [3.63, 3.8) is 0 Å². The maximum atomic E-state index is 4.08. The first-order valence-corrected chi connectivity index (χ1v) is 7.03. The summed E-state index contributed by atoms with van der Waals surface area (Å²) in [5, 5.41) is 10.8. The average Bonchev–Trinajstić information content (AvgIpc) is 3.16. The lowest BCUT2D eigenvalue weighted by Gasteiger charge is -2.19. The van der Waals surface area contributed by atoms with Gasteiger partial charge in [-0.1, -0.05) is 29.8 Å². The van der Waals surface area contributed by atoms with Crippen molar-refractivity contribution < 1.29 is 0 Å². The molecule has 3 heteroatoms. The highest BCUT2D eigenvalue weighted by molar-refractivity contribution is 5.26. The van der Waals surface area contributed by atoms with Gasteiger partial charge in [0.1, 0.15) is 0 Å². The summed E-state index contributed by atoms with van der Waals surface area (Å²) in [6.45, 7) is 5.09. The Hall–Kier alpha value is -1.61. The normalized spacial score (nSPS) is 16.5. The second-order valence-electron chi connectivity index (χ2n) is 5.63. The molecule has 0 aliphatic heterocycles. The SMILES string of the molecule is Cc1ccc(C(NCc2cn[nH]c2C)C2CC2)cc1. The predicted molar refractivity (Wildman–Crippen MR) is 76.8 cm³/mol. The number of rotatable bonds is 5. The second kappa shape index (κ2) is 5.17. The third-order valence-corrected chi connectivity index (χ3v) is 3.98. The van der Waals surface area contributed by atoms with Crippen LogP contribution < -0.4 is 5.32 Å². The fourth-order valence-electron chi connectivity index (χ4n) is 2.53. The zero-order valence-corrected chi connectivity index (χ0v) is 11.6. The topological polar surface area (TPSA) is 40.7 Å². The van der Waals surface area contributed by atoms with Crippen LogP contribution in [-0.2, 0) is 6.54 Å². The first-order chi connectivity index (χ1) is 9.24. The van der Waals surface area contributed by atoms with Gasteiger partial charge in [-0.2, -0.15) is 5.10 Å². The first kappa shape index (κ1) is 12.4. The molecule has 1 aromatic heterocycles. The van der Waals surface area contributed by atoms with Gasteiger partial charge in [0.05, 0.1) is 6.20 Å². The zero-order chi connectivity index (χ0) is 13.2. The number of H-pyrrole nitrogens is 1. The summed E-state index contributed by atoms with van der Waals surface area (Å²) >= 11 is 0. The minimum absolute atomic E-state index is 0.481. The number of hydrogen-bond donors (Lipinski definition) is 2. The Kier molecular flexibility index (Phi) is 3.38. The van der Waals surface area contributed by atoms with Gasteiger partial charge in [-0.3, -0.25) is 5.10 Å². The van der Waals surface area contributed by atoms with Crippen molar-refractivity contribution in [2.75, 3.05) is 0 Å². The number of aromatic nitrogens is 2. The van der Waals surface area contributed by atoms with E-state index in [1.54, 1.807) is 0 Å². The van der Waals surface area contributed by atoms with Crippen LogP contribution in [0.3, 0.4) is 0 Å². The Morgan fingerprint density at radius 1 is 1.26 bits per heavy atom. The van der Waals surface area contributed by atoms with Gasteiger partial charge in [-0.05, 0) is 38.2 Å². The highest BCUT2D eigenvalue weighted by atomic mass is 15.1. The summed E-state index contributed by atoms with van der Waals surface area (Å²) in [6, 6.07) is 9.40. The van der Waals surface area contributed by atoms with Crippen molar-refractivity contribution in [2.24, 2.45) is 5.92 Å². The number of nitrogens with zero attached hydrogens (tertiary/aromatic N) is 1. The van der Waals surface area contributed by atoms with Gasteiger partial charge >= 0.3 is 0 Å². The molecule has 0 spiro atoms. The molecule has 3 rings (SSSR count). The molecular weight excluding hydrogens is 234 g/mol. The van der Waals surface area contributed by atoms with Gasteiger partial charge in [0.15, 0.2) is 0 Å². The molecule has 100 valence electrons. The minimum atomic E-state index is 0.481. The molecule has 1 aliphatic carbocycles. The maximum absolute atomic E-state index is 4.08. The quantitative estimate of drug-likeness (QED) is 0.861. The van der Waals surface area contributed by atoms with Crippen molar-refractivity contribution in [1.82, 2.24) is 15.5 Å². The maximum Gasteiger partial charge on any atom is 0.0535 e. The summed E-state index contributed by atoms with van der Waals surface area (Å²) in [4.78, 5) is 0. The lowest BCUT2D eigenvalue weighted by Crippen LogP contribution is -2.22. The molecule has 1 aromatic carbocycles. The molecule has 1 atom stereocenters. The molecule has 0 bridgehead atoms. The van der Waals surface area contributed by atoms with Crippen LogP contribution in [0.25, 0.3) is 0 Å². The van der Waals surface area contributed by atoms with E-state index in [1.165, 1.54) is 29.5 Å². The van der Waals surface area contributed by atoms with Crippen LogP contribution in [0, 0.1) is 19.8 Å². The van der Waals surface area contributed by atoms with E-state index in [0.29, 0.717) is 6.04 Å². The van der Waals surface area contributed by atoms with Crippen LogP contribution in [0.5, 0.6) is 0 Å². The largest absolute Gasteiger partial charge is 0.305 e. The molecule has 1 saturated carbocycles. The van der Waals surface area contributed by atoms with Gasteiger partial charge in [-0.25, -0.2) is 0 Å². The molecule has 1 unspecified atom stereocenters. The molecular formula is C16H21N3. The molecule has 2 aromatic rings. The van der Waals surface area contributed by atoms with Gasteiger partial charge in [0, 0.05) is 23.8 Å². The van der Waals surface area contributed by atoms with Crippen molar-refractivity contribution in [3.8, 4) is 0 Å². The summed E-state index contributed by atoms with van der Waals surface area (Å²) in [7, 11) is 0. The first-order valence-electron chi connectivity index (χ1n) is 7.03. The minimum Gasteiger partial charge on any atom is -0.305 e. The molecule has 0 radical (unpaired) electrons. The van der Waals surface area contributed by atoms with Gasteiger partial charge in [0.2, 0.25) is 0 Å². The smallest absolute Gasteiger partial charge is 0.0535 e. The fourth-order valence-corrected chi connectivity index (χ4v) is 2.53. The Morgan fingerprint density at radius 2 is 2.00 bits per heavy atom. The lowest BCUT2D eigenvalue weighted by molar-refractivity contribution is 0.479. The Morgan fingerprint density at radius 3 is 2.58 bits per heavy atom. The van der Waals surface area contributed by atoms with Gasteiger partial charge in [0.25, 0.3) is 0 Å². The lowest BCUT2D eigenvalue weighted by atomic mass is 10.0. The highest BCUT2D eigenvalue weighted by Crippen LogP contribution is 2.41. The Labute approximate surface area is 114 Å². The standard InChI is InChI=1S/C16H21N3/c1-11-3-5-13(6-4-11)16(14-7-8-14)17-9-15-10-18-19-12(15)2/h3-6,10,14,16-17H,7-9H2,1-2H3,(H,18,19). The van der Waals surface area contributed by atoms with Crippen LogP contribution in [-0.4, -0.2) is 10.2 Å². The molecule has 19 heavy (non-hydrogen) atoms. The van der Waals surface area contributed by atoms with Crippen molar-refractivity contribution in [1.29, 1.82) is 0 Å². The van der Waals surface area contributed by atoms with Crippen LogP contribution in [0.2, 0.25) is 0 Å². The highest BCUT2D eigenvalue weighted by Gasteiger charge is 2.31. The number of nitrogens with one attached hydrogen (secondary N) is 2. The van der Waals surface area contributed by atoms with E-state index in [-0.39, 0.29) is 0 Å². The van der Waals surface area contributed by atoms with Gasteiger partial charge < -0.3 is 5.32 Å². The van der Waals surface area contributed by atoms with E-state index in [1.807, 2.05) is 6.20 Å². The van der Waals surface area contributed by atoms with Gasteiger partial charge in [-0.15, -0.1) is 0 Å². The van der Waals surface area contributed by atoms with E-state index in [0.717, 1.165) is 18.2 Å². The molecule has 1 aliphatic rings. The number of aromatic amines is 1. The zero-order valence-electron chi connectivity index (χ0n) is 11.6. The summed E-state index contributed by atoms with van der Waals surface area (Å²) in [5.41, 5.74) is 5.15. The van der Waals surface area contributed by atoms with Crippen LogP contribution in [0.1, 0.15) is 41.3 Å². The molecule has 1 heterocycles. The molecule has 0 saturated heterocycles. The van der Waals surface area contributed by atoms with Crippen molar-refractivity contribution in [3.05, 3.63) is 52.8 Å². The van der Waals surface area contributed by atoms with Crippen molar-refractivity contribution >= 4 is 0 Å². The number of aryl methyl sites for hydroxylation is 2. The van der Waals surface area contributed by atoms with Crippen LogP contribution in [0.15, 0.2) is 30.5 Å². The molecule has 3 nitrogen and oxygen atoms in total. The molecule has 2 N–H and O–H groups in total. The third kappa shape index (κ3) is 2.87. The van der Waals surface area contributed by atoms with E-state index >= 15 is 0 Å².